The lowest BCUT2D eigenvalue weighted by Gasteiger charge is -2.34. The van der Waals surface area contributed by atoms with Crippen LogP contribution in [0.15, 0.2) is 108 Å². The van der Waals surface area contributed by atoms with E-state index >= 15 is 0 Å². The molecule has 0 fully saturated rings. The van der Waals surface area contributed by atoms with Gasteiger partial charge in [0.15, 0.2) is 0 Å². The summed E-state index contributed by atoms with van der Waals surface area (Å²) in [5.74, 6) is -1.36. The molecule has 1 atom stereocenters. The van der Waals surface area contributed by atoms with Crippen LogP contribution in [0.25, 0.3) is 0 Å². The molecule has 0 aliphatic heterocycles. The van der Waals surface area contributed by atoms with Crippen molar-refractivity contribution in [2.45, 2.75) is 37.8 Å². The van der Waals surface area contributed by atoms with Crippen LogP contribution in [0.5, 0.6) is 0 Å². The molecular formula is C34H34Cl2FN3O4S. The molecule has 11 heteroatoms. The average molecular weight is 671 g/mol. The maximum Gasteiger partial charge on any atom is 0.264 e. The van der Waals surface area contributed by atoms with Gasteiger partial charge in [0.05, 0.1) is 10.6 Å². The first-order valence-electron chi connectivity index (χ1n) is 14.3. The number of anilines is 1. The fourth-order valence-corrected chi connectivity index (χ4v) is 6.63. The summed E-state index contributed by atoms with van der Waals surface area (Å²) in [5.41, 5.74) is 1.44. The molecule has 4 rings (SSSR count). The van der Waals surface area contributed by atoms with Gasteiger partial charge in [0.25, 0.3) is 10.0 Å². The highest BCUT2D eigenvalue weighted by Gasteiger charge is 2.35. The fraction of sp³-hybridized carbons (Fsp3) is 0.235. The number of carbonyl (C=O) groups is 2. The molecular weight excluding hydrogens is 636 g/mol. The lowest BCUT2D eigenvalue weighted by Crippen LogP contribution is -2.53. The van der Waals surface area contributed by atoms with E-state index in [1.165, 1.54) is 59.5 Å². The Hall–Kier alpha value is -3.92. The second-order valence-corrected chi connectivity index (χ2v) is 13.7. The van der Waals surface area contributed by atoms with E-state index in [2.05, 4.69) is 5.32 Å². The van der Waals surface area contributed by atoms with E-state index in [9.17, 15) is 22.4 Å². The van der Waals surface area contributed by atoms with E-state index in [0.717, 1.165) is 9.87 Å². The number of rotatable bonds is 13. The van der Waals surface area contributed by atoms with Crippen LogP contribution in [0.4, 0.5) is 10.1 Å². The SMILES string of the molecule is CC(C)CNC(=O)C(Cc1ccccc1)N(Cc1ccc(F)cc1)C(=O)CN(c1cc(Cl)cc(Cl)c1)S(=O)(=O)c1ccccc1. The largest absolute Gasteiger partial charge is 0.354 e. The van der Waals surface area contributed by atoms with Crippen molar-refractivity contribution in [2.24, 2.45) is 5.92 Å². The van der Waals surface area contributed by atoms with Gasteiger partial charge in [0.2, 0.25) is 11.8 Å². The zero-order valence-corrected chi connectivity index (χ0v) is 27.2. The summed E-state index contributed by atoms with van der Waals surface area (Å²) < 4.78 is 42.8. The van der Waals surface area contributed by atoms with Crippen LogP contribution in [0.3, 0.4) is 0 Å². The van der Waals surface area contributed by atoms with Gasteiger partial charge in [-0.15, -0.1) is 0 Å². The monoisotopic (exact) mass is 669 g/mol. The molecule has 1 N–H and O–H groups in total. The van der Waals surface area contributed by atoms with Crippen LogP contribution in [0, 0.1) is 11.7 Å². The van der Waals surface area contributed by atoms with E-state index in [1.54, 1.807) is 18.2 Å². The van der Waals surface area contributed by atoms with Crippen LogP contribution in [0.2, 0.25) is 10.0 Å². The number of halogens is 3. The summed E-state index contributed by atoms with van der Waals surface area (Å²) in [5, 5.41) is 3.28. The van der Waals surface area contributed by atoms with Crippen LogP contribution < -0.4 is 9.62 Å². The first kappa shape index (κ1) is 34.0. The molecule has 0 aliphatic carbocycles. The van der Waals surface area contributed by atoms with Gasteiger partial charge in [0.1, 0.15) is 18.4 Å². The molecule has 236 valence electrons. The standard InChI is InChI=1S/C34H34Cl2FN3O4S/c1-24(2)21-38-34(42)32(17-25-9-5-3-6-10-25)39(22-26-13-15-29(37)16-14-26)33(41)23-40(30-19-27(35)18-28(36)20-30)45(43,44)31-11-7-4-8-12-31/h3-16,18-20,24,32H,17,21-23H2,1-2H3,(H,38,42). The third-order valence-electron chi connectivity index (χ3n) is 6.97. The van der Waals surface area contributed by atoms with E-state index < -0.39 is 40.2 Å². The molecule has 1 unspecified atom stereocenters. The van der Waals surface area contributed by atoms with Gasteiger partial charge >= 0.3 is 0 Å². The van der Waals surface area contributed by atoms with Gasteiger partial charge in [-0.2, -0.15) is 0 Å². The van der Waals surface area contributed by atoms with E-state index in [0.29, 0.717) is 12.1 Å². The lowest BCUT2D eigenvalue weighted by molar-refractivity contribution is -0.140. The van der Waals surface area contributed by atoms with Crippen molar-refractivity contribution in [3.05, 3.63) is 130 Å². The number of nitrogens with zero attached hydrogens (tertiary/aromatic N) is 2. The Bertz CT molecular complexity index is 1690. The van der Waals surface area contributed by atoms with E-state index in [-0.39, 0.29) is 39.5 Å². The molecule has 0 aromatic heterocycles. The lowest BCUT2D eigenvalue weighted by atomic mass is 10.0. The first-order valence-corrected chi connectivity index (χ1v) is 16.5. The number of nitrogens with one attached hydrogen (secondary N) is 1. The number of sulfonamides is 1. The molecule has 2 amide bonds. The second-order valence-electron chi connectivity index (χ2n) is 10.9. The van der Waals surface area contributed by atoms with Gasteiger partial charge in [-0.25, -0.2) is 12.8 Å². The highest BCUT2D eigenvalue weighted by molar-refractivity contribution is 7.92. The number of benzene rings is 4. The Labute approximate surface area is 273 Å². The predicted octanol–water partition coefficient (Wildman–Crippen LogP) is 6.74. The summed E-state index contributed by atoms with van der Waals surface area (Å²) in [6.45, 7) is 3.53. The minimum absolute atomic E-state index is 0.0468. The van der Waals surface area contributed by atoms with Crippen LogP contribution >= 0.6 is 23.2 Å². The molecule has 0 aliphatic rings. The molecule has 0 saturated carbocycles. The molecule has 45 heavy (non-hydrogen) atoms. The van der Waals surface area contributed by atoms with Crippen LogP contribution in [-0.2, 0) is 32.6 Å². The molecule has 4 aromatic carbocycles. The van der Waals surface area contributed by atoms with Gasteiger partial charge in [-0.3, -0.25) is 13.9 Å². The highest BCUT2D eigenvalue weighted by Crippen LogP contribution is 2.30. The maximum atomic E-state index is 14.4. The molecule has 4 aromatic rings. The Morgan fingerprint density at radius 2 is 1.40 bits per heavy atom. The smallest absolute Gasteiger partial charge is 0.264 e. The molecule has 0 bridgehead atoms. The van der Waals surface area contributed by atoms with Crippen molar-refractivity contribution in [2.75, 3.05) is 17.4 Å². The molecule has 0 radical (unpaired) electrons. The maximum absolute atomic E-state index is 14.4. The number of carbonyl (C=O) groups excluding carboxylic acids is 2. The summed E-state index contributed by atoms with van der Waals surface area (Å²) >= 11 is 12.5. The van der Waals surface area contributed by atoms with Crippen molar-refractivity contribution in [3.63, 3.8) is 0 Å². The van der Waals surface area contributed by atoms with Crippen molar-refractivity contribution < 1.29 is 22.4 Å². The Morgan fingerprint density at radius 3 is 1.98 bits per heavy atom. The second kappa shape index (κ2) is 15.4. The number of amides is 2. The Balaban J connectivity index is 1.81. The molecule has 0 heterocycles. The topological polar surface area (TPSA) is 86.8 Å². The predicted molar refractivity (Wildman–Crippen MR) is 176 cm³/mol. The number of hydrogen-bond acceptors (Lipinski definition) is 4. The van der Waals surface area contributed by atoms with Gasteiger partial charge in [-0.05, 0) is 59.5 Å². The normalized spacial score (nSPS) is 12.0. The zero-order valence-electron chi connectivity index (χ0n) is 24.9. The highest BCUT2D eigenvalue weighted by atomic mass is 35.5. The Kier molecular flexibility index (Phi) is 11.6. The summed E-state index contributed by atoms with van der Waals surface area (Å²) in [6.07, 6.45) is 0.159. The third-order valence-corrected chi connectivity index (χ3v) is 9.19. The van der Waals surface area contributed by atoms with E-state index in [4.69, 9.17) is 23.2 Å². The van der Waals surface area contributed by atoms with Crippen molar-refractivity contribution in [1.29, 1.82) is 0 Å². The van der Waals surface area contributed by atoms with Gasteiger partial charge in [0, 0.05) is 29.6 Å². The zero-order chi connectivity index (χ0) is 32.6. The quantitative estimate of drug-likeness (QED) is 0.171. The van der Waals surface area contributed by atoms with E-state index in [1.807, 2.05) is 44.2 Å². The fourth-order valence-electron chi connectivity index (χ4n) is 4.69. The van der Waals surface area contributed by atoms with Crippen LogP contribution in [0.1, 0.15) is 25.0 Å². The molecule has 0 saturated heterocycles. The first-order chi connectivity index (χ1) is 21.4. The third kappa shape index (κ3) is 9.29. The molecule has 7 nitrogen and oxygen atoms in total. The number of hydrogen-bond donors (Lipinski definition) is 1. The minimum atomic E-state index is -4.30. The summed E-state index contributed by atoms with van der Waals surface area (Å²) in [6, 6.07) is 25.7. The van der Waals surface area contributed by atoms with Crippen molar-refractivity contribution in [3.8, 4) is 0 Å². The van der Waals surface area contributed by atoms with Gasteiger partial charge in [-0.1, -0.05) is 97.7 Å². The minimum Gasteiger partial charge on any atom is -0.354 e. The van der Waals surface area contributed by atoms with Gasteiger partial charge < -0.3 is 10.2 Å². The summed E-state index contributed by atoms with van der Waals surface area (Å²) in [4.78, 5) is 29.5. The summed E-state index contributed by atoms with van der Waals surface area (Å²) in [7, 11) is -4.30. The van der Waals surface area contributed by atoms with Crippen LogP contribution in [-0.4, -0.2) is 44.3 Å². The molecule has 0 spiro atoms. The van der Waals surface area contributed by atoms with Crippen molar-refractivity contribution in [1.82, 2.24) is 10.2 Å². The van der Waals surface area contributed by atoms with Crippen molar-refractivity contribution >= 4 is 50.7 Å². The Morgan fingerprint density at radius 1 is 0.822 bits per heavy atom. The average Bonchev–Trinajstić information content (AvgIpc) is 3.01.